The molecular formula is C19H23N5O2. The Bertz CT molecular complexity index is 917. The van der Waals surface area contributed by atoms with Crippen LogP contribution in [-0.4, -0.2) is 54.2 Å². The molecule has 0 atom stereocenters. The standard InChI is InChI=1S/C19H23N5O2/c1-26-11-10-24(19(25)13-2-6-20-7-3-13)16-5-9-21-15-12-23-18-14(17(15)16)4-8-22-18/h4-5,8-9,12-13,20-21H,2-3,6-7,10-11H2,1H3. The van der Waals surface area contributed by atoms with Crippen molar-refractivity contribution in [1.82, 2.24) is 20.3 Å². The number of rotatable bonds is 5. The van der Waals surface area contributed by atoms with Crippen molar-refractivity contribution in [2.45, 2.75) is 12.8 Å². The van der Waals surface area contributed by atoms with Crippen LogP contribution in [0.2, 0.25) is 0 Å². The third-order valence-corrected chi connectivity index (χ3v) is 5.03. The van der Waals surface area contributed by atoms with Gasteiger partial charge in [-0.2, -0.15) is 0 Å². The topological polar surface area (TPSA) is 83.1 Å². The van der Waals surface area contributed by atoms with E-state index in [4.69, 9.17) is 4.74 Å². The van der Waals surface area contributed by atoms with E-state index in [-0.39, 0.29) is 11.8 Å². The molecule has 0 spiro atoms. The minimum absolute atomic E-state index is 0.0439. The second-order valence-corrected chi connectivity index (χ2v) is 6.60. The van der Waals surface area contributed by atoms with Gasteiger partial charge in [0.1, 0.15) is 0 Å². The lowest BCUT2D eigenvalue weighted by atomic mass is 9.96. The van der Waals surface area contributed by atoms with Crippen LogP contribution in [0.5, 0.6) is 0 Å². The molecular weight excluding hydrogens is 330 g/mol. The molecule has 1 fully saturated rings. The fourth-order valence-electron chi connectivity index (χ4n) is 3.69. The van der Waals surface area contributed by atoms with Gasteiger partial charge < -0.3 is 19.9 Å². The first-order valence-electron chi connectivity index (χ1n) is 9.01. The van der Waals surface area contributed by atoms with Gasteiger partial charge >= 0.3 is 0 Å². The summed E-state index contributed by atoms with van der Waals surface area (Å²) in [6.07, 6.45) is 7.12. The van der Waals surface area contributed by atoms with E-state index >= 15 is 0 Å². The maximum atomic E-state index is 13.3. The number of carbonyl (C=O) groups excluding carboxylic acids is 1. The van der Waals surface area contributed by atoms with E-state index in [1.54, 1.807) is 19.5 Å². The zero-order valence-corrected chi connectivity index (χ0v) is 14.9. The van der Waals surface area contributed by atoms with Gasteiger partial charge in [-0.15, -0.1) is 0 Å². The molecule has 1 saturated heterocycles. The van der Waals surface area contributed by atoms with Crippen molar-refractivity contribution < 1.29 is 9.53 Å². The summed E-state index contributed by atoms with van der Waals surface area (Å²) in [6, 6.07) is 3.91. The maximum Gasteiger partial charge on any atom is 0.230 e. The number of hydrogen-bond donors (Lipinski definition) is 2. The average Bonchev–Trinajstić information content (AvgIpc) is 3.18. The van der Waals surface area contributed by atoms with Crippen LogP contribution >= 0.6 is 0 Å². The Labute approximate surface area is 151 Å². The molecule has 7 nitrogen and oxygen atoms in total. The summed E-state index contributed by atoms with van der Waals surface area (Å²) >= 11 is 0. The van der Waals surface area contributed by atoms with Gasteiger partial charge in [0.25, 0.3) is 0 Å². The lowest BCUT2D eigenvalue weighted by molar-refractivity contribution is -0.123. The molecule has 0 aliphatic carbocycles. The molecule has 7 heteroatoms. The second-order valence-electron chi connectivity index (χ2n) is 6.60. The molecule has 4 rings (SSSR count). The Morgan fingerprint density at radius 1 is 1.31 bits per heavy atom. The largest absolute Gasteiger partial charge is 0.383 e. The number of nitrogens with zero attached hydrogens (tertiary/aromatic N) is 3. The van der Waals surface area contributed by atoms with Crippen molar-refractivity contribution in [2.75, 3.05) is 38.3 Å². The predicted octanol–water partition coefficient (Wildman–Crippen LogP) is 2.09. The van der Waals surface area contributed by atoms with Gasteiger partial charge in [0.05, 0.1) is 24.0 Å². The van der Waals surface area contributed by atoms with E-state index < -0.39 is 0 Å². The maximum absolute atomic E-state index is 13.3. The van der Waals surface area contributed by atoms with Gasteiger partial charge in [0.2, 0.25) is 5.91 Å². The molecule has 0 unspecified atom stereocenters. The van der Waals surface area contributed by atoms with Crippen LogP contribution < -0.4 is 10.2 Å². The molecule has 26 heavy (non-hydrogen) atoms. The van der Waals surface area contributed by atoms with Crippen LogP contribution in [0.4, 0.5) is 5.69 Å². The second kappa shape index (κ2) is 7.39. The number of methoxy groups -OCH3 is 1. The quantitative estimate of drug-likeness (QED) is 0.734. The van der Waals surface area contributed by atoms with Gasteiger partial charge in [-0.1, -0.05) is 0 Å². The number of anilines is 1. The van der Waals surface area contributed by atoms with E-state index in [1.165, 1.54) is 0 Å². The van der Waals surface area contributed by atoms with Crippen molar-refractivity contribution in [2.24, 2.45) is 5.92 Å². The summed E-state index contributed by atoms with van der Waals surface area (Å²) in [5, 5.41) is 5.26. The number of piperidine rings is 1. The highest BCUT2D eigenvalue weighted by atomic mass is 16.5. The summed E-state index contributed by atoms with van der Waals surface area (Å²) in [5.74, 6) is 0.211. The van der Waals surface area contributed by atoms with Crippen molar-refractivity contribution in [3.63, 3.8) is 0 Å². The van der Waals surface area contributed by atoms with Crippen LogP contribution in [0.1, 0.15) is 12.8 Å². The van der Waals surface area contributed by atoms with E-state index in [0.29, 0.717) is 18.8 Å². The minimum atomic E-state index is 0.0439. The van der Waals surface area contributed by atoms with Gasteiger partial charge in [-0.05, 0) is 38.1 Å². The molecule has 0 bridgehead atoms. The fraction of sp³-hybridized carbons (Fsp3) is 0.421. The van der Waals surface area contributed by atoms with Gasteiger partial charge in [0.15, 0.2) is 5.65 Å². The number of pyridine rings is 2. The number of carbonyl (C=O) groups is 1. The number of nitrogens with one attached hydrogen (secondary N) is 2. The van der Waals surface area contributed by atoms with Crippen molar-refractivity contribution in [3.05, 3.63) is 30.7 Å². The average molecular weight is 353 g/mol. The Balaban J connectivity index is 1.82. The minimum Gasteiger partial charge on any atom is -0.383 e. The first-order chi connectivity index (χ1) is 12.8. The summed E-state index contributed by atoms with van der Waals surface area (Å²) in [5.41, 5.74) is 2.47. The van der Waals surface area contributed by atoms with Crippen molar-refractivity contribution in [3.8, 4) is 0 Å². The molecule has 0 radical (unpaired) electrons. The number of aromatic nitrogens is 3. The Kier molecular flexibility index (Phi) is 4.81. The molecule has 136 valence electrons. The number of H-pyrrole nitrogens is 1. The molecule has 2 N–H and O–H groups in total. The summed E-state index contributed by atoms with van der Waals surface area (Å²) in [4.78, 5) is 27.1. The first kappa shape index (κ1) is 16.9. The monoisotopic (exact) mass is 353 g/mol. The number of amides is 1. The number of aromatic amines is 1. The third kappa shape index (κ3) is 3.04. The molecule has 1 amide bonds. The Hall–Kier alpha value is -2.51. The SMILES string of the molecule is COCCN(C(=O)C1CCNCC1)c1cc[nH]c2cnc3nccc3c12. The molecule has 3 aromatic heterocycles. The third-order valence-electron chi connectivity index (χ3n) is 5.03. The molecule has 1 aliphatic rings. The van der Waals surface area contributed by atoms with Crippen LogP contribution in [0.3, 0.4) is 0 Å². The smallest absolute Gasteiger partial charge is 0.230 e. The summed E-state index contributed by atoms with van der Waals surface area (Å²) in [7, 11) is 1.66. The Morgan fingerprint density at radius 2 is 2.15 bits per heavy atom. The lowest BCUT2D eigenvalue weighted by Gasteiger charge is -2.30. The zero-order valence-electron chi connectivity index (χ0n) is 14.9. The lowest BCUT2D eigenvalue weighted by Crippen LogP contribution is -2.42. The molecule has 0 saturated carbocycles. The zero-order chi connectivity index (χ0) is 17.9. The van der Waals surface area contributed by atoms with Crippen molar-refractivity contribution >= 4 is 33.5 Å². The van der Waals surface area contributed by atoms with Gasteiger partial charge in [-0.25, -0.2) is 9.97 Å². The number of fused-ring (bicyclic) bond motifs is 3. The van der Waals surface area contributed by atoms with Gasteiger partial charge in [0, 0.05) is 42.7 Å². The Morgan fingerprint density at radius 3 is 2.96 bits per heavy atom. The van der Waals surface area contributed by atoms with E-state index in [2.05, 4.69) is 20.3 Å². The molecule has 0 aromatic carbocycles. The highest BCUT2D eigenvalue weighted by Gasteiger charge is 2.28. The van der Waals surface area contributed by atoms with Crippen LogP contribution in [0, 0.1) is 5.92 Å². The molecule has 3 aromatic rings. The normalized spacial score (nSPS) is 15.6. The molecule has 1 aliphatic heterocycles. The molecule has 4 heterocycles. The van der Waals surface area contributed by atoms with Crippen LogP contribution in [0.15, 0.2) is 30.7 Å². The first-order valence-corrected chi connectivity index (χ1v) is 9.01. The predicted molar refractivity (Wildman–Crippen MR) is 101 cm³/mol. The van der Waals surface area contributed by atoms with E-state index in [9.17, 15) is 4.79 Å². The van der Waals surface area contributed by atoms with E-state index in [0.717, 1.165) is 47.9 Å². The highest BCUT2D eigenvalue weighted by Crippen LogP contribution is 2.32. The van der Waals surface area contributed by atoms with E-state index in [1.807, 2.05) is 23.2 Å². The summed E-state index contributed by atoms with van der Waals surface area (Å²) < 4.78 is 5.28. The fourth-order valence-corrected chi connectivity index (χ4v) is 3.69. The van der Waals surface area contributed by atoms with Crippen LogP contribution in [-0.2, 0) is 9.53 Å². The van der Waals surface area contributed by atoms with Crippen molar-refractivity contribution in [1.29, 1.82) is 0 Å². The summed E-state index contributed by atoms with van der Waals surface area (Å²) in [6.45, 7) is 2.79. The number of ether oxygens (including phenoxy) is 1. The number of hydrogen-bond acceptors (Lipinski definition) is 5. The van der Waals surface area contributed by atoms with Crippen LogP contribution in [0.25, 0.3) is 21.9 Å². The highest BCUT2D eigenvalue weighted by molar-refractivity contribution is 6.13. The van der Waals surface area contributed by atoms with Gasteiger partial charge in [-0.3, -0.25) is 4.79 Å².